The number of ether oxygens (including phenoxy) is 1. The summed E-state index contributed by atoms with van der Waals surface area (Å²) in [6.45, 7) is -1.78. The predicted octanol–water partition coefficient (Wildman–Crippen LogP) is 6.09. The number of hydrogen-bond acceptors (Lipinski definition) is 7. The third-order valence-corrected chi connectivity index (χ3v) is 7.15. The van der Waals surface area contributed by atoms with Gasteiger partial charge in [0.25, 0.3) is 0 Å². The van der Waals surface area contributed by atoms with Gasteiger partial charge < -0.3 is 15.2 Å². The number of halogens is 1. The van der Waals surface area contributed by atoms with E-state index in [4.69, 9.17) is 26.8 Å². The minimum atomic E-state index is -2.01. The lowest BCUT2D eigenvalue weighted by atomic mass is 10.1. The summed E-state index contributed by atoms with van der Waals surface area (Å²) in [6.07, 6.45) is 3.46. The third kappa shape index (κ3) is 5.04. The Morgan fingerprint density at radius 2 is 1.57 bits per heavy atom. The van der Waals surface area contributed by atoms with Crippen LogP contribution >= 0.6 is 11.6 Å². The van der Waals surface area contributed by atoms with Gasteiger partial charge in [-0.3, -0.25) is 9.80 Å². The van der Waals surface area contributed by atoms with Crippen LogP contribution in [0.4, 0.5) is 11.4 Å². The van der Waals surface area contributed by atoms with Gasteiger partial charge in [-0.25, -0.2) is 9.97 Å². The zero-order chi connectivity index (χ0) is 28.9. The van der Waals surface area contributed by atoms with Gasteiger partial charge in [0.1, 0.15) is 11.3 Å². The fraction of sp³-hybridized carbons (Fsp3) is 0.379. The Balaban J connectivity index is 1.57. The summed E-state index contributed by atoms with van der Waals surface area (Å²) in [5, 5.41) is 16.2. The number of hydrogen-bond donors (Lipinski definition) is 2. The molecule has 2 aliphatic heterocycles. The number of phenolic OH excluding ortho intramolecular Hbond substituents is 1. The summed E-state index contributed by atoms with van der Waals surface area (Å²) >= 11 is 6.30. The van der Waals surface area contributed by atoms with Crippen molar-refractivity contribution in [3.8, 4) is 11.6 Å². The van der Waals surface area contributed by atoms with E-state index < -0.39 is 13.0 Å². The average Bonchev–Trinajstić information content (AvgIpc) is 3.69. The van der Waals surface area contributed by atoms with Crippen LogP contribution < -0.4 is 10.1 Å². The zero-order valence-electron chi connectivity index (χ0n) is 24.7. The Bertz CT molecular complexity index is 1580. The number of anilines is 2. The highest BCUT2D eigenvalue weighted by Gasteiger charge is 2.21. The maximum atomic E-state index is 11.5. The third-order valence-electron chi connectivity index (χ3n) is 6.91. The van der Waals surface area contributed by atoms with Gasteiger partial charge in [-0.05, 0) is 88.3 Å². The van der Waals surface area contributed by atoms with Gasteiger partial charge in [-0.1, -0.05) is 11.6 Å². The first-order valence-electron chi connectivity index (χ1n) is 14.7. The van der Waals surface area contributed by atoms with E-state index in [1.807, 2.05) is 6.07 Å². The lowest BCUT2D eigenvalue weighted by Gasteiger charge is -2.22. The minimum absolute atomic E-state index is 0.0266. The maximum absolute atomic E-state index is 11.5. The molecule has 37 heavy (non-hydrogen) atoms. The molecule has 0 radical (unpaired) electrons. The van der Waals surface area contributed by atoms with E-state index in [-0.39, 0.29) is 16.9 Å². The quantitative estimate of drug-likeness (QED) is 0.172. The first-order valence-corrected chi connectivity index (χ1v) is 13.1. The van der Waals surface area contributed by atoms with Gasteiger partial charge in [-0.15, -0.1) is 0 Å². The van der Waals surface area contributed by atoms with Gasteiger partial charge in [0.15, 0.2) is 0 Å². The normalized spacial score (nSPS) is 19.1. The molecule has 2 aromatic heterocycles. The molecule has 2 saturated heterocycles. The van der Waals surface area contributed by atoms with Crippen molar-refractivity contribution >= 4 is 44.9 Å². The Hall–Kier alpha value is -3.13. The van der Waals surface area contributed by atoms with E-state index in [9.17, 15) is 5.11 Å². The number of pyridine rings is 2. The smallest absolute Gasteiger partial charge is 0.213 e. The molecule has 0 atom stereocenters. The summed E-state index contributed by atoms with van der Waals surface area (Å²) in [4.78, 5) is 12.8. The number of aromatic nitrogens is 2. The molecule has 0 bridgehead atoms. The predicted molar refractivity (Wildman–Crippen MR) is 149 cm³/mol. The average molecular weight is 524 g/mol. The monoisotopic (exact) mass is 523 g/mol. The molecule has 2 aromatic carbocycles. The number of methoxy groups -OCH3 is 1. The van der Waals surface area contributed by atoms with Crippen LogP contribution in [0.15, 0.2) is 42.5 Å². The Morgan fingerprint density at radius 1 is 0.919 bits per heavy atom. The van der Waals surface area contributed by atoms with Gasteiger partial charge in [0.05, 0.1) is 23.8 Å². The summed E-state index contributed by atoms with van der Waals surface area (Å²) in [6, 6.07) is 12.0. The Labute approximate surface area is 227 Å². The molecule has 7 nitrogen and oxygen atoms in total. The highest BCUT2D eigenvalue weighted by molar-refractivity contribution is 6.31. The van der Waals surface area contributed by atoms with Crippen LogP contribution in [0.2, 0.25) is 5.02 Å². The molecule has 8 heteroatoms. The Morgan fingerprint density at radius 3 is 2.19 bits per heavy atom. The fourth-order valence-electron chi connectivity index (χ4n) is 5.03. The molecule has 0 aliphatic carbocycles. The minimum Gasteiger partial charge on any atom is -0.507 e. The molecular formula is C29H32ClN5O2. The van der Waals surface area contributed by atoms with Gasteiger partial charge in [0.2, 0.25) is 5.88 Å². The number of fused-ring (bicyclic) bond motifs is 2. The maximum Gasteiger partial charge on any atom is 0.213 e. The van der Waals surface area contributed by atoms with Crippen molar-refractivity contribution in [3.05, 3.63) is 58.6 Å². The highest BCUT2D eigenvalue weighted by Crippen LogP contribution is 2.37. The van der Waals surface area contributed by atoms with Crippen LogP contribution in [-0.4, -0.2) is 58.2 Å². The SMILES string of the molecule is [2H][13C]([2H])(c1cc(Nc2c3ccc(Cl)cc3nc3ccc(OC)nc23)cc([13C]([2H])([2H])N2CCCC2)c1O)N1CCCC1. The van der Waals surface area contributed by atoms with Crippen molar-refractivity contribution in [2.45, 2.75) is 38.7 Å². The summed E-state index contributed by atoms with van der Waals surface area (Å²) in [5.41, 5.74) is 2.83. The summed E-state index contributed by atoms with van der Waals surface area (Å²) in [5.74, 6) is 0.0406. The first-order chi connectivity index (χ1) is 19.6. The molecule has 2 N–H and O–H groups in total. The molecule has 2 fully saturated rings. The van der Waals surface area contributed by atoms with Crippen LogP contribution in [0.5, 0.6) is 11.6 Å². The number of nitrogens with zero attached hydrogens (tertiary/aromatic N) is 4. The van der Waals surface area contributed by atoms with E-state index in [1.165, 1.54) is 7.11 Å². The lowest BCUT2D eigenvalue weighted by molar-refractivity contribution is 0.312. The molecule has 4 heterocycles. The molecule has 0 amide bonds. The van der Waals surface area contributed by atoms with Crippen molar-refractivity contribution < 1.29 is 15.3 Å². The van der Waals surface area contributed by atoms with Gasteiger partial charge >= 0.3 is 0 Å². The number of rotatable bonds is 7. The lowest BCUT2D eigenvalue weighted by Crippen LogP contribution is -2.20. The van der Waals surface area contributed by atoms with Gasteiger partial charge in [0, 0.05) is 51.8 Å². The number of nitrogens with one attached hydrogen (secondary N) is 1. The Kier molecular flexibility index (Phi) is 5.56. The second-order valence-corrected chi connectivity index (χ2v) is 9.96. The summed E-state index contributed by atoms with van der Waals surface area (Å²) < 4.78 is 41.6. The fourth-order valence-corrected chi connectivity index (χ4v) is 5.20. The molecule has 2 aliphatic rings. The number of phenols is 1. The van der Waals surface area contributed by atoms with Crippen LogP contribution in [0.25, 0.3) is 21.9 Å². The number of benzene rings is 2. The van der Waals surface area contributed by atoms with Crippen molar-refractivity contribution in [1.29, 1.82) is 0 Å². The molecule has 192 valence electrons. The van der Waals surface area contributed by atoms with E-state index in [0.29, 0.717) is 65.0 Å². The second kappa shape index (κ2) is 10.3. The van der Waals surface area contributed by atoms with Crippen molar-refractivity contribution in [2.24, 2.45) is 0 Å². The van der Waals surface area contributed by atoms with Crippen molar-refractivity contribution in [1.82, 2.24) is 19.8 Å². The molecule has 0 unspecified atom stereocenters. The van der Waals surface area contributed by atoms with E-state index >= 15 is 0 Å². The van der Waals surface area contributed by atoms with Crippen LogP contribution in [-0.2, 0) is 13.0 Å². The zero-order valence-corrected chi connectivity index (χ0v) is 21.5. The van der Waals surface area contributed by atoms with Gasteiger partial charge in [-0.2, -0.15) is 0 Å². The van der Waals surface area contributed by atoms with Crippen LogP contribution in [0.3, 0.4) is 0 Å². The molecule has 0 saturated carbocycles. The number of likely N-dealkylation sites (tertiary alicyclic amines) is 2. The molecular weight excluding hydrogens is 488 g/mol. The topological polar surface area (TPSA) is 73.8 Å². The van der Waals surface area contributed by atoms with E-state index in [2.05, 4.69) is 10.3 Å². The van der Waals surface area contributed by atoms with E-state index in [1.54, 1.807) is 46.2 Å². The standard InChI is InChI=1S/C29H32ClN5O2/c1-37-26-9-8-24-28(33-26)27(23-7-6-21(30)16-25(23)32-24)31-22-14-19(17-34-10-2-3-11-34)29(36)20(15-22)18-35-12-4-5-13-35/h6-9,14-16,36H,2-5,10-13,17-18H2,1H3,(H,31,32)/i17+1D2,18+1D2. The highest BCUT2D eigenvalue weighted by atomic mass is 35.5. The summed E-state index contributed by atoms with van der Waals surface area (Å²) in [7, 11) is 1.54. The van der Waals surface area contributed by atoms with E-state index in [0.717, 1.165) is 31.1 Å². The van der Waals surface area contributed by atoms with Crippen molar-refractivity contribution in [2.75, 3.05) is 38.6 Å². The second-order valence-electron chi connectivity index (χ2n) is 9.53. The molecule has 6 rings (SSSR count). The first kappa shape index (κ1) is 19.9. The molecule has 0 spiro atoms. The molecule has 4 aromatic rings. The van der Waals surface area contributed by atoms with Crippen LogP contribution in [0.1, 0.15) is 42.3 Å². The van der Waals surface area contributed by atoms with Crippen molar-refractivity contribution in [3.63, 3.8) is 0 Å². The van der Waals surface area contributed by atoms with Crippen LogP contribution in [0, 0.1) is 0 Å². The number of aromatic hydroxyl groups is 1. The largest absolute Gasteiger partial charge is 0.507 e.